The van der Waals surface area contributed by atoms with Gasteiger partial charge < -0.3 is 10.1 Å². The number of carbonyl (C=O) groups is 1. The van der Waals surface area contributed by atoms with Gasteiger partial charge in [0.15, 0.2) is 4.96 Å². The number of hydrogen-bond donors (Lipinski definition) is 1. The van der Waals surface area contributed by atoms with Gasteiger partial charge in [0.25, 0.3) is 5.91 Å². The van der Waals surface area contributed by atoms with E-state index < -0.39 is 0 Å². The Labute approximate surface area is 171 Å². The summed E-state index contributed by atoms with van der Waals surface area (Å²) in [5.41, 5.74) is 3.58. The number of benzene rings is 2. The van der Waals surface area contributed by atoms with Crippen LogP contribution in [0, 0.1) is 19.7 Å². The lowest BCUT2D eigenvalue weighted by atomic mass is 10.2. The van der Waals surface area contributed by atoms with Crippen molar-refractivity contribution in [2.75, 3.05) is 13.2 Å². The number of halogens is 1. The van der Waals surface area contributed by atoms with E-state index in [0.29, 0.717) is 18.0 Å². The van der Waals surface area contributed by atoms with Crippen molar-refractivity contribution in [3.63, 3.8) is 0 Å². The Morgan fingerprint density at radius 2 is 1.86 bits per heavy atom. The van der Waals surface area contributed by atoms with Crippen molar-refractivity contribution in [3.05, 3.63) is 76.7 Å². The van der Waals surface area contributed by atoms with E-state index in [1.807, 2.05) is 48.7 Å². The highest BCUT2D eigenvalue weighted by molar-refractivity contribution is 7.19. The molecule has 2 heterocycles. The second-order valence-electron chi connectivity index (χ2n) is 6.72. The maximum Gasteiger partial charge on any atom is 0.263 e. The number of nitrogens with zero attached hydrogens (tertiary/aromatic N) is 2. The molecular weight excluding hydrogens is 389 g/mol. The minimum absolute atomic E-state index is 0.145. The van der Waals surface area contributed by atoms with Crippen LogP contribution in [0.5, 0.6) is 5.75 Å². The highest BCUT2D eigenvalue weighted by Gasteiger charge is 2.18. The Hall–Kier alpha value is -3.19. The second-order valence-corrected chi connectivity index (χ2v) is 7.70. The first-order chi connectivity index (χ1) is 14.0. The summed E-state index contributed by atoms with van der Waals surface area (Å²) in [5.74, 6) is 0.356. The molecule has 4 rings (SSSR count). The SMILES string of the molecule is Cc1ccc(OCCNC(=O)c2sc3nc(-c4ccc(F)cc4)cn3c2C)cc1. The van der Waals surface area contributed by atoms with Gasteiger partial charge in [-0.3, -0.25) is 9.20 Å². The number of carbonyl (C=O) groups excluding carboxylic acids is 1. The first-order valence-electron chi connectivity index (χ1n) is 9.23. The van der Waals surface area contributed by atoms with Gasteiger partial charge >= 0.3 is 0 Å². The molecule has 4 aromatic rings. The minimum atomic E-state index is -0.281. The number of fused-ring (bicyclic) bond motifs is 1. The van der Waals surface area contributed by atoms with Gasteiger partial charge in [-0.2, -0.15) is 0 Å². The fourth-order valence-corrected chi connectivity index (χ4v) is 3.99. The van der Waals surface area contributed by atoms with Crippen LogP contribution in [-0.2, 0) is 0 Å². The molecule has 5 nitrogen and oxygen atoms in total. The Morgan fingerprint density at radius 1 is 1.14 bits per heavy atom. The number of aryl methyl sites for hydroxylation is 2. The molecule has 0 bridgehead atoms. The van der Waals surface area contributed by atoms with Crippen molar-refractivity contribution in [1.29, 1.82) is 0 Å². The molecule has 148 valence electrons. The molecule has 0 spiro atoms. The number of ether oxygens (including phenoxy) is 1. The zero-order chi connectivity index (χ0) is 20.4. The summed E-state index contributed by atoms with van der Waals surface area (Å²) in [6.07, 6.45) is 1.87. The lowest BCUT2D eigenvalue weighted by Crippen LogP contribution is -2.28. The van der Waals surface area contributed by atoms with Crippen LogP contribution in [-0.4, -0.2) is 28.4 Å². The van der Waals surface area contributed by atoms with E-state index in [0.717, 1.165) is 27.7 Å². The van der Waals surface area contributed by atoms with Gasteiger partial charge in [-0.1, -0.05) is 29.0 Å². The first kappa shape index (κ1) is 19.1. The van der Waals surface area contributed by atoms with E-state index in [1.54, 1.807) is 12.1 Å². The van der Waals surface area contributed by atoms with Gasteiger partial charge in [-0.15, -0.1) is 0 Å². The van der Waals surface area contributed by atoms with E-state index in [4.69, 9.17) is 4.74 Å². The fourth-order valence-electron chi connectivity index (χ4n) is 2.97. The summed E-state index contributed by atoms with van der Waals surface area (Å²) in [5, 5.41) is 2.89. The molecule has 0 radical (unpaired) electrons. The van der Waals surface area contributed by atoms with Crippen molar-refractivity contribution in [1.82, 2.24) is 14.7 Å². The van der Waals surface area contributed by atoms with Gasteiger partial charge in [0.05, 0.1) is 12.2 Å². The molecule has 0 unspecified atom stereocenters. The number of aromatic nitrogens is 2. The Morgan fingerprint density at radius 3 is 2.55 bits per heavy atom. The van der Waals surface area contributed by atoms with E-state index in [-0.39, 0.29) is 11.7 Å². The zero-order valence-electron chi connectivity index (χ0n) is 16.1. The topological polar surface area (TPSA) is 55.6 Å². The standard InChI is InChI=1S/C22H20FN3O2S/c1-14-3-9-18(10-4-14)28-12-11-24-21(27)20-15(2)26-13-19(25-22(26)29-20)16-5-7-17(23)8-6-16/h3-10,13H,11-12H2,1-2H3,(H,24,27). The molecule has 29 heavy (non-hydrogen) atoms. The largest absolute Gasteiger partial charge is 0.492 e. The maximum absolute atomic E-state index is 13.1. The normalized spacial score (nSPS) is 11.0. The number of imidazole rings is 1. The summed E-state index contributed by atoms with van der Waals surface area (Å²) in [7, 11) is 0. The quantitative estimate of drug-likeness (QED) is 0.473. The van der Waals surface area contributed by atoms with Gasteiger partial charge in [0, 0.05) is 17.5 Å². The molecule has 0 saturated heterocycles. The van der Waals surface area contributed by atoms with Gasteiger partial charge in [0.1, 0.15) is 23.1 Å². The Bertz CT molecular complexity index is 1150. The molecular formula is C22H20FN3O2S. The number of nitrogens with one attached hydrogen (secondary N) is 1. The van der Waals surface area contributed by atoms with E-state index >= 15 is 0 Å². The van der Waals surface area contributed by atoms with Crippen LogP contribution in [0.25, 0.3) is 16.2 Å². The van der Waals surface area contributed by atoms with Gasteiger partial charge in [0.2, 0.25) is 0 Å². The molecule has 2 aromatic heterocycles. The smallest absolute Gasteiger partial charge is 0.263 e. The third-order valence-corrected chi connectivity index (χ3v) is 5.74. The monoisotopic (exact) mass is 409 g/mol. The molecule has 0 aliphatic heterocycles. The second kappa shape index (κ2) is 8.05. The van der Waals surface area contributed by atoms with Gasteiger partial charge in [-0.25, -0.2) is 9.37 Å². The third kappa shape index (κ3) is 4.14. The van der Waals surface area contributed by atoms with Crippen LogP contribution in [0.15, 0.2) is 54.7 Å². The average molecular weight is 409 g/mol. The molecule has 0 atom stereocenters. The van der Waals surface area contributed by atoms with E-state index in [9.17, 15) is 9.18 Å². The fraction of sp³-hybridized carbons (Fsp3) is 0.182. The van der Waals surface area contributed by atoms with Crippen LogP contribution < -0.4 is 10.1 Å². The Balaban J connectivity index is 1.40. The molecule has 2 aromatic carbocycles. The van der Waals surface area contributed by atoms with E-state index in [2.05, 4.69) is 10.3 Å². The molecule has 0 aliphatic rings. The summed E-state index contributed by atoms with van der Waals surface area (Å²) in [4.78, 5) is 18.5. The van der Waals surface area contributed by atoms with Crippen molar-refractivity contribution in [2.24, 2.45) is 0 Å². The summed E-state index contributed by atoms with van der Waals surface area (Å²) in [6.45, 7) is 4.71. The number of thiazole rings is 1. The van der Waals surface area contributed by atoms with Crippen LogP contribution in [0.3, 0.4) is 0 Å². The van der Waals surface area contributed by atoms with Crippen molar-refractivity contribution in [3.8, 4) is 17.0 Å². The molecule has 1 N–H and O–H groups in total. The van der Waals surface area contributed by atoms with Crippen molar-refractivity contribution < 1.29 is 13.9 Å². The zero-order valence-corrected chi connectivity index (χ0v) is 16.9. The molecule has 0 fully saturated rings. The van der Waals surface area contributed by atoms with Gasteiger partial charge in [-0.05, 0) is 50.2 Å². The number of rotatable bonds is 6. The number of amides is 1. The highest BCUT2D eigenvalue weighted by atomic mass is 32.1. The van der Waals surface area contributed by atoms with Crippen LogP contribution in [0.4, 0.5) is 4.39 Å². The summed E-state index contributed by atoms with van der Waals surface area (Å²) in [6, 6.07) is 14.0. The van der Waals surface area contributed by atoms with Crippen molar-refractivity contribution >= 4 is 22.2 Å². The predicted octanol–water partition coefficient (Wildman–Crippen LogP) is 4.63. The average Bonchev–Trinajstić information content (AvgIpc) is 3.27. The molecule has 0 aliphatic carbocycles. The molecule has 0 saturated carbocycles. The van der Waals surface area contributed by atoms with Crippen LogP contribution >= 0.6 is 11.3 Å². The van der Waals surface area contributed by atoms with Crippen LogP contribution in [0.1, 0.15) is 20.9 Å². The van der Waals surface area contributed by atoms with Crippen molar-refractivity contribution in [2.45, 2.75) is 13.8 Å². The Kier molecular flexibility index (Phi) is 5.31. The lowest BCUT2D eigenvalue weighted by Gasteiger charge is -2.07. The highest BCUT2D eigenvalue weighted by Crippen LogP contribution is 2.27. The van der Waals surface area contributed by atoms with E-state index in [1.165, 1.54) is 29.0 Å². The molecule has 7 heteroatoms. The first-order valence-corrected chi connectivity index (χ1v) is 10.0. The summed E-state index contributed by atoms with van der Waals surface area (Å²) < 4.78 is 20.6. The predicted molar refractivity (Wildman–Crippen MR) is 112 cm³/mol. The minimum Gasteiger partial charge on any atom is -0.492 e. The lowest BCUT2D eigenvalue weighted by molar-refractivity contribution is 0.0950. The maximum atomic E-state index is 13.1. The summed E-state index contributed by atoms with van der Waals surface area (Å²) >= 11 is 1.33. The van der Waals surface area contributed by atoms with Crippen LogP contribution in [0.2, 0.25) is 0 Å². The number of hydrogen-bond acceptors (Lipinski definition) is 4. The molecule has 1 amide bonds. The third-order valence-electron chi connectivity index (χ3n) is 4.58.